The Balaban J connectivity index is 2.22. The van der Waals surface area contributed by atoms with Crippen molar-refractivity contribution in [3.63, 3.8) is 0 Å². The van der Waals surface area contributed by atoms with Crippen molar-refractivity contribution >= 4 is 11.6 Å². The Hall–Kier alpha value is -2.06. The second-order valence-corrected chi connectivity index (χ2v) is 5.83. The molecule has 21 heavy (non-hydrogen) atoms. The Kier molecular flexibility index (Phi) is 3.14. The van der Waals surface area contributed by atoms with E-state index >= 15 is 0 Å². The maximum absolute atomic E-state index is 14.4. The number of nitriles is 1. The molecule has 3 rings (SSSR count). The topological polar surface area (TPSA) is 50.8 Å². The van der Waals surface area contributed by atoms with Gasteiger partial charge in [0.2, 0.25) is 0 Å². The van der Waals surface area contributed by atoms with E-state index in [-0.39, 0.29) is 21.8 Å². The van der Waals surface area contributed by atoms with E-state index in [1.54, 1.807) is 19.3 Å². The lowest BCUT2D eigenvalue weighted by molar-refractivity contribution is 0.199. The molecule has 0 unspecified atom stereocenters. The summed E-state index contributed by atoms with van der Waals surface area (Å²) in [6.07, 6.45) is 3.36. The lowest BCUT2D eigenvalue weighted by atomic mass is 10.0. The van der Waals surface area contributed by atoms with Crippen LogP contribution in [0.4, 0.5) is 4.39 Å². The largest absolute Gasteiger partial charge is 0.486 e. The Morgan fingerprint density at radius 3 is 2.76 bits per heavy atom. The summed E-state index contributed by atoms with van der Waals surface area (Å²) in [7, 11) is 1.68. The first kappa shape index (κ1) is 13.9. The molecule has 108 valence electrons. The Bertz CT molecular complexity index is 759. The smallest absolute Gasteiger partial charge is 0.152 e. The van der Waals surface area contributed by atoms with Crippen molar-refractivity contribution in [1.29, 1.82) is 5.26 Å². The van der Waals surface area contributed by atoms with Crippen LogP contribution in [0.15, 0.2) is 18.3 Å². The highest BCUT2D eigenvalue weighted by molar-refractivity contribution is 6.31. The number of benzene rings is 1. The summed E-state index contributed by atoms with van der Waals surface area (Å²) in [5.41, 5.74) is 0.478. The van der Waals surface area contributed by atoms with Gasteiger partial charge in [-0.05, 0) is 25.8 Å². The van der Waals surface area contributed by atoms with Gasteiger partial charge >= 0.3 is 0 Å². The zero-order chi connectivity index (χ0) is 15.2. The van der Waals surface area contributed by atoms with Gasteiger partial charge in [0.25, 0.3) is 0 Å². The maximum Gasteiger partial charge on any atom is 0.152 e. The van der Waals surface area contributed by atoms with Crippen LogP contribution < -0.4 is 4.74 Å². The zero-order valence-corrected chi connectivity index (χ0v) is 12.4. The van der Waals surface area contributed by atoms with Gasteiger partial charge in [-0.3, -0.25) is 4.68 Å². The average Bonchev–Trinajstić information content (AvgIpc) is 3.01. The van der Waals surface area contributed by atoms with Crippen LogP contribution in [0.2, 0.25) is 5.02 Å². The van der Waals surface area contributed by atoms with Gasteiger partial charge in [-0.15, -0.1) is 0 Å². The second-order valence-electron chi connectivity index (χ2n) is 5.42. The minimum absolute atomic E-state index is 0.0653. The summed E-state index contributed by atoms with van der Waals surface area (Å²) in [6.45, 7) is 1.95. The molecule has 0 bridgehead atoms. The molecule has 0 aliphatic heterocycles. The third-order valence-electron chi connectivity index (χ3n) is 3.68. The average molecular weight is 306 g/mol. The minimum atomic E-state index is -0.634. The number of rotatable bonds is 3. The summed E-state index contributed by atoms with van der Waals surface area (Å²) in [5, 5.41) is 13.4. The third-order valence-corrected chi connectivity index (χ3v) is 3.96. The molecule has 1 aliphatic carbocycles. The van der Waals surface area contributed by atoms with E-state index < -0.39 is 5.82 Å². The highest BCUT2D eigenvalue weighted by Gasteiger charge is 2.41. The fourth-order valence-corrected chi connectivity index (χ4v) is 2.39. The predicted molar refractivity (Wildman–Crippen MR) is 76.6 cm³/mol. The van der Waals surface area contributed by atoms with Crippen LogP contribution in [0, 0.1) is 17.1 Å². The molecule has 0 N–H and O–H groups in total. The van der Waals surface area contributed by atoms with Gasteiger partial charge in [0.1, 0.15) is 23.0 Å². The van der Waals surface area contributed by atoms with Crippen LogP contribution in [0.25, 0.3) is 11.3 Å². The van der Waals surface area contributed by atoms with Crippen molar-refractivity contribution in [2.75, 3.05) is 0 Å². The van der Waals surface area contributed by atoms with E-state index in [1.807, 2.05) is 13.0 Å². The number of aryl methyl sites for hydroxylation is 1. The third kappa shape index (κ3) is 2.36. The van der Waals surface area contributed by atoms with Crippen molar-refractivity contribution < 1.29 is 9.13 Å². The van der Waals surface area contributed by atoms with Crippen LogP contribution in [0.5, 0.6) is 5.75 Å². The quantitative estimate of drug-likeness (QED) is 0.869. The first-order valence-electron chi connectivity index (χ1n) is 6.55. The van der Waals surface area contributed by atoms with Gasteiger partial charge < -0.3 is 4.74 Å². The van der Waals surface area contributed by atoms with Crippen molar-refractivity contribution in [3.05, 3.63) is 34.7 Å². The van der Waals surface area contributed by atoms with Crippen LogP contribution in [-0.2, 0) is 7.05 Å². The standard InChI is InChI=1S/C15H13ClFN3O/c1-15(4-5-15)21-12-7-10(16)14(17)13(9(12)8-18)11-3-6-19-20(11)2/h3,6-7H,4-5H2,1-2H3. The molecular weight excluding hydrogens is 293 g/mol. The second kappa shape index (κ2) is 4.74. The minimum Gasteiger partial charge on any atom is -0.486 e. The molecule has 0 spiro atoms. The van der Waals surface area contributed by atoms with Crippen LogP contribution in [0.3, 0.4) is 0 Å². The first-order valence-corrected chi connectivity index (χ1v) is 6.92. The molecule has 0 atom stereocenters. The van der Waals surface area contributed by atoms with Gasteiger partial charge in [-0.1, -0.05) is 11.6 Å². The molecule has 1 aromatic heterocycles. The molecule has 1 aliphatic rings. The monoisotopic (exact) mass is 305 g/mol. The fourth-order valence-electron chi connectivity index (χ4n) is 2.20. The molecule has 1 saturated carbocycles. The summed E-state index contributed by atoms with van der Waals surface area (Å²) < 4.78 is 21.8. The molecule has 1 heterocycles. The number of nitrogens with zero attached hydrogens (tertiary/aromatic N) is 3. The molecule has 1 fully saturated rings. The summed E-state index contributed by atoms with van der Waals surface area (Å²) in [5.74, 6) is -0.315. The number of hydrogen-bond donors (Lipinski definition) is 0. The van der Waals surface area contributed by atoms with E-state index in [4.69, 9.17) is 16.3 Å². The molecule has 1 aromatic carbocycles. The number of halogens is 2. The van der Waals surface area contributed by atoms with Crippen molar-refractivity contribution in [2.45, 2.75) is 25.4 Å². The van der Waals surface area contributed by atoms with Crippen molar-refractivity contribution in [3.8, 4) is 23.1 Å². The van der Waals surface area contributed by atoms with E-state index in [0.717, 1.165) is 12.8 Å². The highest BCUT2D eigenvalue weighted by Crippen LogP contribution is 2.44. The van der Waals surface area contributed by atoms with Crippen LogP contribution in [0.1, 0.15) is 25.3 Å². The molecule has 0 amide bonds. The molecule has 0 radical (unpaired) electrons. The molecule has 0 saturated heterocycles. The Labute approximate surface area is 126 Å². The summed E-state index contributed by atoms with van der Waals surface area (Å²) >= 11 is 5.97. The maximum atomic E-state index is 14.4. The van der Waals surface area contributed by atoms with E-state index in [9.17, 15) is 9.65 Å². The van der Waals surface area contributed by atoms with Crippen molar-refractivity contribution in [1.82, 2.24) is 9.78 Å². The van der Waals surface area contributed by atoms with Crippen LogP contribution in [-0.4, -0.2) is 15.4 Å². The highest BCUT2D eigenvalue weighted by atomic mass is 35.5. The SMILES string of the molecule is Cn1nccc1-c1c(F)c(Cl)cc(OC2(C)CC2)c1C#N. The van der Waals surface area contributed by atoms with Gasteiger partial charge in [-0.2, -0.15) is 10.4 Å². The van der Waals surface area contributed by atoms with E-state index in [2.05, 4.69) is 5.10 Å². The number of hydrogen-bond acceptors (Lipinski definition) is 3. The first-order chi connectivity index (χ1) is 9.95. The summed E-state index contributed by atoms with van der Waals surface area (Å²) in [6, 6.07) is 5.04. The zero-order valence-electron chi connectivity index (χ0n) is 11.7. The molecule has 2 aromatic rings. The lowest BCUT2D eigenvalue weighted by Crippen LogP contribution is -2.14. The molecular formula is C15H13ClFN3O. The molecule has 4 nitrogen and oxygen atoms in total. The Morgan fingerprint density at radius 1 is 1.52 bits per heavy atom. The summed E-state index contributed by atoms with van der Waals surface area (Å²) in [4.78, 5) is 0. The number of aromatic nitrogens is 2. The van der Waals surface area contributed by atoms with Gasteiger partial charge in [-0.25, -0.2) is 4.39 Å². The van der Waals surface area contributed by atoms with E-state index in [0.29, 0.717) is 11.4 Å². The van der Waals surface area contributed by atoms with Gasteiger partial charge in [0.05, 0.1) is 16.3 Å². The van der Waals surface area contributed by atoms with E-state index in [1.165, 1.54) is 10.7 Å². The number of ether oxygens (including phenoxy) is 1. The lowest BCUT2D eigenvalue weighted by Gasteiger charge is -2.17. The van der Waals surface area contributed by atoms with Gasteiger partial charge in [0, 0.05) is 19.3 Å². The van der Waals surface area contributed by atoms with Crippen LogP contribution >= 0.6 is 11.6 Å². The van der Waals surface area contributed by atoms with Crippen molar-refractivity contribution in [2.24, 2.45) is 7.05 Å². The molecule has 6 heteroatoms. The fraction of sp³-hybridized carbons (Fsp3) is 0.333. The predicted octanol–water partition coefficient (Wildman–Crippen LogP) is 3.68. The van der Waals surface area contributed by atoms with Gasteiger partial charge in [0.15, 0.2) is 5.82 Å². The normalized spacial score (nSPS) is 15.6. The Morgan fingerprint density at radius 2 is 2.24 bits per heavy atom.